The second kappa shape index (κ2) is 10.3. The third kappa shape index (κ3) is 5.89. The van der Waals surface area contributed by atoms with Gasteiger partial charge in [0.2, 0.25) is 0 Å². The third-order valence-electron chi connectivity index (χ3n) is 4.64. The molecule has 1 aromatic carbocycles. The van der Waals surface area contributed by atoms with E-state index in [1.54, 1.807) is 43.0 Å². The summed E-state index contributed by atoms with van der Waals surface area (Å²) in [5.41, 5.74) is 8.68. The van der Waals surface area contributed by atoms with Crippen LogP contribution in [0.1, 0.15) is 26.4 Å². The molecule has 9 nitrogen and oxygen atoms in total. The smallest absolute Gasteiger partial charge is 0.270 e. The molecule has 2 amide bonds. The van der Waals surface area contributed by atoms with Crippen molar-refractivity contribution in [2.45, 2.75) is 6.42 Å². The number of hydrogen-bond donors (Lipinski definition) is 4. The Balaban J connectivity index is 1.38. The van der Waals surface area contributed by atoms with Gasteiger partial charge in [-0.15, -0.1) is 0 Å². The lowest BCUT2D eigenvalue weighted by molar-refractivity contribution is 0.0997. The highest BCUT2D eigenvalue weighted by molar-refractivity contribution is 7.20. The van der Waals surface area contributed by atoms with E-state index in [1.165, 1.54) is 5.56 Å². The number of thiazole rings is 1. The van der Waals surface area contributed by atoms with Gasteiger partial charge in [-0.2, -0.15) is 0 Å². The zero-order valence-electron chi connectivity index (χ0n) is 17.5. The van der Waals surface area contributed by atoms with Gasteiger partial charge in [-0.05, 0) is 60.5 Å². The number of carbonyl (C=O) groups is 2. The maximum atomic E-state index is 12.7. The largest absolute Gasteiger partial charge is 0.385 e. The molecule has 4 rings (SSSR count). The molecule has 0 radical (unpaired) electrons. The quantitative estimate of drug-likeness (QED) is 0.300. The van der Waals surface area contributed by atoms with E-state index in [-0.39, 0.29) is 16.6 Å². The predicted octanol–water partition coefficient (Wildman–Crippen LogP) is 3.68. The van der Waals surface area contributed by atoms with Gasteiger partial charge in [-0.3, -0.25) is 19.6 Å². The molecule has 0 aliphatic carbocycles. The maximum Gasteiger partial charge on any atom is 0.270 e. The van der Waals surface area contributed by atoms with Gasteiger partial charge in [-0.25, -0.2) is 4.98 Å². The highest BCUT2D eigenvalue weighted by Crippen LogP contribution is 2.30. The SMILES string of the molecule is NC(=O)c1nc(Nc2cccnc2)sc1NC(=O)c1ccc(NCCc2ccncc2)cc1. The minimum absolute atomic E-state index is 0.00543. The molecule has 3 heterocycles. The van der Waals surface area contributed by atoms with Crippen LogP contribution < -0.4 is 21.7 Å². The van der Waals surface area contributed by atoms with Crippen LogP contribution in [0.25, 0.3) is 0 Å². The number of nitrogens with zero attached hydrogens (tertiary/aromatic N) is 3. The molecule has 0 fully saturated rings. The average molecular weight is 460 g/mol. The summed E-state index contributed by atoms with van der Waals surface area (Å²) >= 11 is 1.12. The van der Waals surface area contributed by atoms with Gasteiger partial charge in [0.05, 0.1) is 11.9 Å². The number of nitrogens with two attached hydrogens (primary N) is 1. The van der Waals surface area contributed by atoms with Crippen LogP contribution in [0.3, 0.4) is 0 Å². The van der Waals surface area contributed by atoms with Crippen LogP contribution in [0.5, 0.6) is 0 Å². The standard InChI is InChI=1S/C23H21N7O2S/c24-20(31)19-22(33-23(29-19)28-18-2-1-10-26-14-18)30-21(32)16-3-5-17(6-4-16)27-13-9-15-7-11-25-12-8-15/h1-8,10-12,14,27H,9,13H2,(H2,24,31)(H,28,29)(H,30,32). The molecule has 0 atom stereocenters. The Kier molecular flexibility index (Phi) is 6.86. The fraction of sp³-hybridized carbons (Fsp3) is 0.0870. The maximum absolute atomic E-state index is 12.7. The molecule has 0 spiro atoms. The van der Waals surface area contributed by atoms with Gasteiger partial charge in [0, 0.05) is 36.4 Å². The topological polar surface area (TPSA) is 135 Å². The minimum atomic E-state index is -0.727. The van der Waals surface area contributed by atoms with Crippen molar-refractivity contribution >= 4 is 44.7 Å². The molecular weight excluding hydrogens is 438 g/mol. The van der Waals surface area contributed by atoms with Gasteiger partial charge >= 0.3 is 0 Å². The molecule has 0 saturated heterocycles. The van der Waals surface area contributed by atoms with E-state index in [4.69, 9.17) is 5.73 Å². The first-order valence-electron chi connectivity index (χ1n) is 10.1. The summed E-state index contributed by atoms with van der Waals surface area (Å²) in [6, 6.07) is 14.6. The highest BCUT2D eigenvalue weighted by Gasteiger charge is 2.19. The van der Waals surface area contributed by atoms with Crippen molar-refractivity contribution in [3.05, 3.63) is 90.1 Å². The lowest BCUT2D eigenvalue weighted by Crippen LogP contribution is -2.17. The second-order valence-electron chi connectivity index (χ2n) is 6.99. The lowest BCUT2D eigenvalue weighted by atomic mass is 10.1. The van der Waals surface area contributed by atoms with E-state index in [2.05, 4.69) is 30.9 Å². The van der Waals surface area contributed by atoms with Gasteiger partial charge in [-0.1, -0.05) is 11.3 Å². The Morgan fingerprint density at radius 2 is 1.73 bits per heavy atom. The van der Waals surface area contributed by atoms with Crippen LogP contribution in [0.2, 0.25) is 0 Å². The zero-order chi connectivity index (χ0) is 23.0. The molecule has 3 aromatic heterocycles. The molecule has 0 unspecified atom stereocenters. The van der Waals surface area contributed by atoms with Gasteiger partial charge in [0.25, 0.3) is 11.8 Å². The number of rotatable bonds is 9. The molecule has 0 aliphatic heterocycles. The van der Waals surface area contributed by atoms with Crippen molar-refractivity contribution in [2.24, 2.45) is 5.73 Å². The first-order chi connectivity index (χ1) is 16.1. The number of amides is 2. The Labute approximate surface area is 194 Å². The van der Waals surface area contributed by atoms with Crippen LogP contribution in [0, 0.1) is 0 Å². The average Bonchev–Trinajstić information content (AvgIpc) is 3.23. The monoisotopic (exact) mass is 459 g/mol. The van der Waals surface area contributed by atoms with E-state index in [0.29, 0.717) is 16.4 Å². The van der Waals surface area contributed by atoms with E-state index >= 15 is 0 Å². The van der Waals surface area contributed by atoms with E-state index in [9.17, 15) is 9.59 Å². The van der Waals surface area contributed by atoms with E-state index in [0.717, 1.165) is 30.0 Å². The molecule has 0 aliphatic rings. The summed E-state index contributed by atoms with van der Waals surface area (Å²) in [5, 5.41) is 9.80. The van der Waals surface area contributed by atoms with Gasteiger partial charge in [0.1, 0.15) is 5.00 Å². The summed E-state index contributed by atoms with van der Waals surface area (Å²) in [6.45, 7) is 0.755. The highest BCUT2D eigenvalue weighted by atomic mass is 32.1. The lowest BCUT2D eigenvalue weighted by Gasteiger charge is -2.08. The number of aromatic nitrogens is 3. The predicted molar refractivity (Wildman–Crippen MR) is 129 cm³/mol. The van der Waals surface area contributed by atoms with Crippen molar-refractivity contribution in [1.29, 1.82) is 0 Å². The van der Waals surface area contributed by atoms with Crippen LogP contribution >= 0.6 is 11.3 Å². The van der Waals surface area contributed by atoms with Crippen molar-refractivity contribution in [3.8, 4) is 0 Å². The van der Waals surface area contributed by atoms with E-state index < -0.39 is 5.91 Å². The van der Waals surface area contributed by atoms with Crippen molar-refractivity contribution in [3.63, 3.8) is 0 Å². The first-order valence-corrected chi connectivity index (χ1v) is 10.9. The first kappa shape index (κ1) is 21.9. The molecule has 166 valence electrons. The zero-order valence-corrected chi connectivity index (χ0v) is 18.3. The van der Waals surface area contributed by atoms with Gasteiger partial charge in [0.15, 0.2) is 10.8 Å². The number of benzene rings is 1. The summed E-state index contributed by atoms with van der Waals surface area (Å²) in [7, 11) is 0. The molecule has 4 aromatic rings. The van der Waals surface area contributed by atoms with Crippen LogP contribution in [0.15, 0.2) is 73.3 Å². The number of pyridine rings is 2. The Morgan fingerprint density at radius 3 is 2.42 bits per heavy atom. The molecule has 5 N–H and O–H groups in total. The molecule has 33 heavy (non-hydrogen) atoms. The number of anilines is 4. The van der Waals surface area contributed by atoms with Crippen LogP contribution in [-0.4, -0.2) is 33.3 Å². The number of carbonyl (C=O) groups excluding carboxylic acids is 2. The van der Waals surface area contributed by atoms with Crippen molar-refractivity contribution in [1.82, 2.24) is 15.0 Å². The number of primary amides is 1. The van der Waals surface area contributed by atoms with Gasteiger partial charge < -0.3 is 21.7 Å². The molecule has 10 heteroatoms. The summed E-state index contributed by atoms with van der Waals surface area (Å²) < 4.78 is 0. The summed E-state index contributed by atoms with van der Waals surface area (Å²) in [6.07, 6.45) is 7.67. The normalized spacial score (nSPS) is 10.4. The van der Waals surface area contributed by atoms with E-state index in [1.807, 2.05) is 30.3 Å². The third-order valence-corrected chi connectivity index (χ3v) is 5.53. The molecule has 0 bridgehead atoms. The fourth-order valence-electron chi connectivity index (χ4n) is 3.00. The second-order valence-corrected chi connectivity index (χ2v) is 7.99. The van der Waals surface area contributed by atoms with Crippen molar-refractivity contribution < 1.29 is 9.59 Å². The number of hydrogen-bond acceptors (Lipinski definition) is 8. The van der Waals surface area contributed by atoms with Crippen LogP contribution in [0.4, 0.5) is 21.5 Å². The minimum Gasteiger partial charge on any atom is -0.385 e. The Bertz CT molecular complexity index is 1230. The molecular formula is C23H21N7O2S. The van der Waals surface area contributed by atoms with Crippen LogP contribution in [-0.2, 0) is 6.42 Å². The molecule has 0 saturated carbocycles. The van der Waals surface area contributed by atoms with Crippen molar-refractivity contribution in [2.75, 3.05) is 22.5 Å². The Hall–Kier alpha value is -4.31. The fourth-order valence-corrected chi connectivity index (χ4v) is 3.89. The summed E-state index contributed by atoms with van der Waals surface area (Å²) in [4.78, 5) is 36.8. The number of nitrogens with one attached hydrogen (secondary N) is 3. The Morgan fingerprint density at radius 1 is 0.939 bits per heavy atom. The summed E-state index contributed by atoms with van der Waals surface area (Å²) in [5.74, 6) is -1.09.